The summed E-state index contributed by atoms with van der Waals surface area (Å²) < 4.78 is 0. The number of nitrogens with zero attached hydrogens (tertiary/aromatic N) is 3. The van der Waals surface area contributed by atoms with Crippen LogP contribution in [0.2, 0.25) is 0 Å². The number of piperidine rings is 1. The summed E-state index contributed by atoms with van der Waals surface area (Å²) in [6, 6.07) is 8.00. The Balaban J connectivity index is 1.91. The monoisotopic (exact) mass is 269 g/mol. The first kappa shape index (κ1) is 13.0. The van der Waals surface area contributed by atoms with Crippen molar-refractivity contribution in [3.05, 3.63) is 36.2 Å². The molecular formula is C16H19N3O. The van der Waals surface area contributed by atoms with Crippen LogP contribution in [0.3, 0.4) is 0 Å². The molecule has 104 valence electrons. The van der Waals surface area contributed by atoms with E-state index in [1.54, 1.807) is 6.20 Å². The fourth-order valence-electron chi connectivity index (χ4n) is 2.90. The van der Waals surface area contributed by atoms with Gasteiger partial charge in [-0.15, -0.1) is 0 Å². The Kier molecular flexibility index (Phi) is 3.63. The molecule has 0 bridgehead atoms. The summed E-state index contributed by atoms with van der Waals surface area (Å²) in [5.74, 6) is 0.0230. The number of fused-ring (bicyclic) bond motifs is 1. The topological polar surface area (TPSA) is 46.1 Å². The van der Waals surface area contributed by atoms with Crippen LogP contribution in [-0.4, -0.2) is 33.4 Å². The first-order chi connectivity index (χ1) is 9.79. The summed E-state index contributed by atoms with van der Waals surface area (Å²) in [6.07, 6.45) is 6.01. The van der Waals surface area contributed by atoms with Gasteiger partial charge in [-0.3, -0.25) is 9.78 Å². The lowest BCUT2D eigenvalue weighted by Crippen LogP contribution is -2.43. The van der Waals surface area contributed by atoms with Gasteiger partial charge in [-0.25, -0.2) is 4.98 Å². The van der Waals surface area contributed by atoms with Crippen molar-refractivity contribution in [2.75, 3.05) is 6.54 Å². The molecule has 1 fully saturated rings. The van der Waals surface area contributed by atoms with Gasteiger partial charge in [0.1, 0.15) is 5.69 Å². The summed E-state index contributed by atoms with van der Waals surface area (Å²) in [5.41, 5.74) is 2.07. The molecule has 1 saturated heterocycles. The van der Waals surface area contributed by atoms with Gasteiger partial charge in [0, 0.05) is 12.6 Å². The Bertz CT molecular complexity index is 626. The van der Waals surface area contributed by atoms with Crippen molar-refractivity contribution in [1.29, 1.82) is 0 Å². The Hall–Kier alpha value is -1.97. The van der Waals surface area contributed by atoms with Gasteiger partial charge in [0.15, 0.2) is 0 Å². The number of carbonyl (C=O) groups is 1. The molecule has 0 saturated carbocycles. The Morgan fingerprint density at radius 1 is 1.30 bits per heavy atom. The summed E-state index contributed by atoms with van der Waals surface area (Å²) >= 11 is 0. The van der Waals surface area contributed by atoms with Crippen LogP contribution >= 0.6 is 0 Å². The van der Waals surface area contributed by atoms with Crippen LogP contribution in [0.1, 0.15) is 43.1 Å². The maximum absolute atomic E-state index is 12.6. The van der Waals surface area contributed by atoms with E-state index < -0.39 is 0 Å². The van der Waals surface area contributed by atoms with E-state index >= 15 is 0 Å². The Morgan fingerprint density at radius 3 is 2.90 bits per heavy atom. The summed E-state index contributed by atoms with van der Waals surface area (Å²) in [5, 5.41) is 0. The SMILES string of the molecule is CCC1CCCCN1C(=O)c1cnc2ccccc2n1. The number of benzene rings is 1. The number of aromatic nitrogens is 2. The van der Waals surface area contributed by atoms with Crippen LogP contribution in [0.15, 0.2) is 30.5 Å². The minimum atomic E-state index is 0.0230. The number of hydrogen-bond acceptors (Lipinski definition) is 3. The summed E-state index contributed by atoms with van der Waals surface area (Å²) in [4.78, 5) is 23.4. The van der Waals surface area contributed by atoms with Gasteiger partial charge in [0.2, 0.25) is 0 Å². The highest BCUT2D eigenvalue weighted by Gasteiger charge is 2.27. The van der Waals surface area contributed by atoms with Crippen LogP contribution < -0.4 is 0 Å². The van der Waals surface area contributed by atoms with Gasteiger partial charge in [0.25, 0.3) is 5.91 Å². The molecule has 1 aliphatic rings. The number of likely N-dealkylation sites (tertiary alicyclic amines) is 1. The van der Waals surface area contributed by atoms with E-state index in [1.165, 1.54) is 6.42 Å². The average Bonchev–Trinajstić information content (AvgIpc) is 2.53. The lowest BCUT2D eigenvalue weighted by molar-refractivity contribution is 0.0602. The third-order valence-electron chi connectivity index (χ3n) is 4.03. The number of carbonyl (C=O) groups excluding carboxylic acids is 1. The molecule has 1 aromatic carbocycles. The molecular weight excluding hydrogens is 250 g/mol. The number of amides is 1. The summed E-state index contributed by atoms with van der Waals surface area (Å²) in [7, 11) is 0. The van der Waals surface area contributed by atoms with Crippen LogP contribution in [0.5, 0.6) is 0 Å². The lowest BCUT2D eigenvalue weighted by atomic mass is 9.99. The predicted molar refractivity (Wildman–Crippen MR) is 78.5 cm³/mol. The van der Waals surface area contributed by atoms with E-state index in [4.69, 9.17) is 0 Å². The number of rotatable bonds is 2. The van der Waals surface area contributed by atoms with Gasteiger partial charge in [0.05, 0.1) is 17.2 Å². The lowest BCUT2D eigenvalue weighted by Gasteiger charge is -2.34. The fourth-order valence-corrected chi connectivity index (χ4v) is 2.90. The molecule has 0 aliphatic carbocycles. The largest absolute Gasteiger partial charge is 0.334 e. The zero-order chi connectivity index (χ0) is 13.9. The van der Waals surface area contributed by atoms with E-state index in [0.29, 0.717) is 11.7 Å². The first-order valence-corrected chi connectivity index (χ1v) is 7.32. The van der Waals surface area contributed by atoms with E-state index in [1.807, 2.05) is 29.2 Å². The molecule has 0 radical (unpaired) electrons. The molecule has 3 rings (SSSR count). The third-order valence-corrected chi connectivity index (χ3v) is 4.03. The molecule has 1 atom stereocenters. The van der Waals surface area contributed by atoms with Crippen LogP contribution in [0, 0.1) is 0 Å². The fraction of sp³-hybridized carbons (Fsp3) is 0.438. The zero-order valence-corrected chi connectivity index (χ0v) is 11.7. The predicted octanol–water partition coefficient (Wildman–Crippen LogP) is 3.03. The Morgan fingerprint density at radius 2 is 2.10 bits per heavy atom. The van der Waals surface area contributed by atoms with Crippen LogP contribution in [-0.2, 0) is 0 Å². The highest BCUT2D eigenvalue weighted by atomic mass is 16.2. The Labute approximate surface area is 118 Å². The van der Waals surface area contributed by atoms with E-state index in [-0.39, 0.29) is 5.91 Å². The van der Waals surface area contributed by atoms with Gasteiger partial charge < -0.3 is 4.90 Å². The zero-order valence-electron chi connectivity index (χ0n) is 11.7. The number of hydrogen-bond donors (Lipinski definition) is 0. The molecule has 1 aliphatic heterocycles. The molecule has 2 aromatic rings. The van der Waals surface area contributed by atoms with Crippen molar-refractivity contribution < 1.29 is 4.79 Å². The average molecular weight is 269 g/mol. The van der Waals surface area contributed by atoms with Gasteiger partial charge in [-0.1, -0.05) is 19.1 Å². The molecule has 0 spiro atoms. The van der Waals surface area contributed by atoms with E-state index in [0.717, 1.165) is 36.8 Å². The van der Waals surface area contributed by atoms with Crippen LogP contribution in [0.25, 0.3) is 11.0 Å². The minimum Gasteiger partial charge on any atom is -0.334 e. The standard InChI is InChI=1S/C16H19N3O/c1-2-12-7-5-6-10-19(12)16(20)15-11-17-13-8-3-4-9-14(13)18-15/h3-4,8-9,11-12H,2,5-7,10H2,1H3. The molecule has 2 heterocycles. The van der Waals surface area contributed by atoms with Crippen molar-refractivity contribution in [2.45, 2.75) is 38.6 Å². The van der Waals surface area contributed by atoms with E-state index in [2.05, 4.69) is 16.9 Å². The van der Waals surface area contributed by atoms with Crippen molar-refractivity contribution >= 4 is 16.9 Å². The van der Waals surface area contributed by atoms with Gasteiger partial charge in [-0.05, 0) is 37.8 Å². The maximum Gasteiger partial charge on any atom is 0.274 e. The number of para-hydroxylation sites is 2. The van der Waals surface area contributed by atoms with Crippen molar-refractivity contribution in [2.24, 2.45) is 0 Å². The quantitative estimate of drug-likeness (QED) is 0.841. The molecule has 20 heavy (non-hydrogen) atoms. The van der Waals surface area contributed by atoms with Crippen molar-refractivity contribution in [1.82, 2.24) is 14.9 Å². The molecule has 1 amide bonds. The minimum absolute atomic E-state index is 0.0230. The van der Waals surface area contributed by atoms with Crippen molar-refractivity contribution in [3.63, 3.8) is 0 Å². The van der Waals surface area contributed by atoms with Gasteiger partial charge >= 0.3 is 0 Å². The van der Waals surface area contributed by atoms with Crippen molar-refractivity contribution in [3.8, 4) is 0 Å². The normalized spacial score (nSPS) is 19.2. The molecule has 1 unspecified atom stereocenters. The molecule has 4 heteroatoms. The van der Waals surface area contributed by atoms with E-state index in [9.17, 15) is 4.79 Å². The first-order valence-electron chi connectivity index (χ1n) is 7.32. The second kappa shape index (κ2) is 5.57. The van der Waals surface area contributed by atoms with Crippen LogP contribution in [0.4, 0.5) is 0 Å². The summed E-state index contributed by atoms with van der Waals surface area (Å²) in [6.45, 7) is 2.98. The smallest absolute Gasteiger partial charge is 0.274 e. The second-order valence-corrected chi connectivity index (χ2v) is 5.30. The second-order valence-electron chi connectivity index (χ2n) is 5.30. The highest BCUT2D eigenvalue weighted by Crippen LogP contribution is 2.21. The van der Waals surface area contributed by atoms with Gasteiger partial charge in [-0.2, -0.15) is 0 Å². The maximum atomic E-state index is 12.6. The molecule has 4 nitrogen and oxygen atoms in total. The third kappa shape index (κ3) is 2.38. The molecule has 0 N–H and O–H groups in total. The highest BCUT2D eigenvalue weighted by molar-refractivity contribution is 5.94. The molecule has 1 aromatic heterocycles.